The number of aliphatic imine (C=N–C) groups is 1. The summed E-state index contributed by atoms with van der Waals surface area (Å²) in [5.74, 6) is -1.17. The maximum absolute atomic E-state index is 14.0. The van der Waals surface area contributed by atoms with Crippen molar-refractivity contribution in [3.8, 4) is 0 Å². The lowest BCUT2D eigenvalue weighted by atomic mass is 9.90. The van der Waals surface area contributed by atoms with Crippen LogP contribution in [-0.4, -0.2) is 65.3 Å². The number of esters is 1. The van der Waals surface area contributed by atoms with E-state index in [1.54, 1.807) is 16.5 Å². The zero-order chi connectivity index (χ0) is 28.1. The summed E-state index contributed by atoms with van der Waals surface area (Å²) in [6.45, 7) is -3.17. The fourth-order valence-corrected chi connectivity index (χ4v) is 6.63. The fourth-order valence-electron chi connectivity index (χ4n) is 4.79. The fraction of sp³-hybridized carbons (Fsp3) is 0.304. The second kappa shape index (κ2) is 10.0. The van der Waals surface area contributed by atoms with Crippen molar-refractivity contribution in [1.82, 2.24) is 24.4 Å². The Bertz CT molecular complexity index is 1610. The molecule has 0 spiro atoms. The number of thiazole rings is 1. The molecule has 2 atom stereocenters. The van der Waals surface area contributed by atoms with E-state index in [0.717, 1.165) is 25.6 Å². The number of carbonyl (C=O) groups excluding carboxylic acids is 1. The lowest BCUT2D eigenvalue weighted by Crippen LogP contribution is -2.56. The van der Waals surface area contributed by atoms with E-state index in [2.05, 4.69) is 14.8 Å². The highest BCUT2D eigenvalue weighted by Crippen LogP contribution is 2.48. The number of benzene rings is 1. The Morgan fingerprint density at radius 1 is 1.33 bits per heavy atom. The van der Waals surface area contributed by atoms with Crippen LogP contribution in [0.3, 0.4) is 0 Å². The Kier molecular flexibility index (Phi) is 7.03. The van der Waals surface area contributed by atoms with Crippen LogP contribution >= 0.6 is 22.9 Å². The van der Waals surface area contributed by atoms with Gasteiger partial charge in [-0.05, 0) is 18.2 Å². The molecule has 206 valence electrons. The predicted molar refractivity (Wildman–Crippen MR) is 137 cm³/mol. The average molecular weight is 601 g/mol. The van der Waals surface area contributed by atoms with E-state index >= 15 is 0 Å². The van der Waals surface area contributed by atoms with Crippen molar-refractivity contribution in [3.63, 3.8) is 0 Å². The van der Waals surface area contributed by atoms with Crippen LogP contribution < -0.4 is 4.72 Å². The Hall–Kier alpha value is -3.27. The number of aromatic nitrogens is 3. The molecule has 5 rings (SSSR count). The summed E-state index contributed by atoms with van der Waals surface area (Å²) < 4.78 is 73.5. The third-order valence-corrected chi connectivity index (χ3v) is 8.09. The number of nitrogens with zero attached hydrogens (tertiary/aromatic N) is 5. The maximum Gasteiger partial charge on any atom is 0.333 e. The van der Waals surface area contributed by atoms with Crippen LogP contribution in [0.5, 0.6) is 0 Å². The van der Waals surface area contributed by atoms with Crippen LogP contribution in [0.4, 0.5) is 13.2 Å². The lowest BCUT2D eigenvalue weighted by Gasteiger charge is -2.32. The molecule has 2 aliphatic heterocycles. The molecule has 2 aliphatic rings. The van der Waals surface area contributed by atoms with E-state index in [1.165, 1.54) is 29.5 Å². The minimum Gasteiger partial charge on any atom is -0.468 e. The van der Waals surface area contributed by atoms with Gasteiger partial charge in [0.25, 0.3) is 0 Å². The molecule has 1 aromatic carbocycles. The SMILES string of the molecule is COC(=O)[C@@]1(NS(C)(=O)=O)CC2=C(c3ccn(C(F)F)n3)[C@H](c3ccc(F)cc3Cl)N=C(c3nccs3)N2C1. The van der Waals surface area contributed by atoms with Gasteiger partial charge in [0.05, 0.1) is 25.6 Å². The number of ether oxygens (including phenoxy) is 1. The first-order chi connectivity index (χ1) is 18.4. The average Bonchev–Trinajstić information content (AvgIpc) is 3.62. The quantitative estimate of drug-likeness (QED) is 0.412. The Morgan fingerprint density at radius 3 is 2.69 bits per heavy atom. The van der Waals surface area contributed by atoms with Crippen molar-refractivity contribution >= 4 is 50.3 Å². The topological polar surface area (TPSA) is 119 Å². The van der Waals surface area contributed by atoms with E-state index < -0.39 is 39.9 Å². The first-order valence-corrected chi connectivity index (χ1v) is 14.4. The van der Waals surface area contributed by atoms with Crippen LogP contribution in [0.15, 0.2) is 52.7 Å². The second-order valence-corrected chi connectivity index (χ2v) is 11.9. The van der Waals surface area contributed by atoms with Gasteiger partial charge in [-0.15, -0.1) is 11.3 Å². The molecule has 1 N–H and O–H groups in total. The standard InChI is InChI=1S/C23H20ClF3N6O4S2/c1-37-21(34)23(31-39(2,35)36)10-16-17(15-5-7-33(30-15)22(26)27)18(13-4-3-12(25)9-14(13)24)29-19(32(16)11-23)20-28-6-8-38-20/h3-9,18,22,31H,10-11H2,1-2H3/t18-,23+/m0/s1. The number of carbonyl (C=O) groups is 1. The third kappa shape index (κ3) is 5.06. The number of fused-ring (bicyclic) bond motifs is 1. The van der Waals surface area contributed by atoms with Gasteiger partial charge in [0.2, 0.25) is 10.0 Å². The van der Waals surface area contributed by atoms with Crippen LogP contribution in [0.1, 0.15) is 35.3 Å². The van der Waals surface area contributed by atoms with Gasteiger partial charge in [0.1, 0.15) is 11.9 Å². The highest BCUT2D eigenvalue weighted by molar-refractivity contribution is 7.88. The molecular formula is C23H20ClF3N6O4S2. The molecule has 0 radical (unpaired) electrons. The number of rotatable bonds is 7. The van der Waals surface area contributed by atoms with Crippen molar-refractivity contribution in [2.24, 2.45) is 4.99 Å². The highest BCUT2D eigenvalue weighted by Gasteiger charge is 2.54. The van der Waals surface area contributed by atoms with Gasteiger partial charge >= 0.3 is 12.5 Å². The molecule has 1 saturated heterocycles. The monoisotopic (exact) mass is 600 g/mol. The summed E-state index contributed by atoms with van der Waals surface area (Å²) in [7, 11) is -2.81. The molecule has 1 fully saturated rings. The third-order valence-electron chi connectivity index (χ3n) is 6.24. The molecule has 0 aliphatic carbocycles. The zero-order valence-corrected chi connectivity index (χ0v) is 22.7. The number of amidine groups is 1. The summed E-state index contributed by atoms with van der Waals surface area (Å²) in [5.41, 5.74) is -0.714. The molecule has 4 heterocycles. The smallest absolute Gasteiger partial charge is 0.333 e. The summed E-state index contributed by atoms with van der Waals surface area (Å²) >= 11 is 7.67. The summed E-state index contributed by atoms with van der Waals surface area (Å²) in [5, 5.41) is 6.19. The Labute approximate surface area is 229 Å². The van der Waals surface area contributed by atoms with Crippen molar-refractivity contribution in [2.45, 2.75) is 24.6 Å². The van der Waals surface area contributed by atoms with Gasteiger partial charge in [-0.2, -0.15) is 18.6 Å². The van der Waals surface area contributed by atoms with Crippen molar-refractivity contribution in [2.75, 3.05) is 19.9 Å². The minimum atomic E-state index is -3.94. The first-order valence-electron chi connectivity index (χ1n) is 11.3. The van der Waals surface area contributed by atoms with Gasteiger partial charge in [0, 0.05) is 46.1 Å². The summed E-state index contributed by atoms with van der Waals surface area (Å²) in [6, 6.07) is 4.06. The zero-order valence-electron chi connectivity index (χ0n) is 20.3. The lowest BCUT2D eigenvalue weighted by molar-refractivity contribution is -0.147. The van der Waals surface area contributed by atoms with Crippen molar-refractivity contribution in [3.05, 3.63) is 74.8 Å². The number of hydrogen-bond donors (Lipinski definition) is 1. The van der Waals surface area contributed by atoms with E-state index in [1.807, 2.05) is 0 Å². The van der Waals surface area contributed by atoms with E-state index in [4.69, 9.17) is 21.3 Å². The number of nitrogens with one attached hydrogen (secondary N) is 1. The van der Waals surface area contributed by atoms with Gasteiger partial charge < -0.3 is 9.64 Å². The van der Waals surface area contributed by atoms with E-state index in [0.29, 0.717) is 20.9 Å². The molecule has 3 aromatic rings. The van der Waals surface area contributed by atoms with Gasteiger partial charge in [0.15, 0.2) is 16.4 Å². The number of halogens is 4. The highest BCUT2D eigenvalue weighted by atomic mass is 35.5. The van der Waals surface area contributed by atoms with Crippen LogP contribution in [0, 0.1) is 5.82 Å². The first kappa shape index (κ1) is 27.3. The molecule has 0 unspecified atom stereocenters. The Morgan fingerprint density at radius 2 is 2.10 bits per heavy atom. The molecule has 16 heteroatoms. The molecule has 0 saturated carbocycles. The van der Waals surface area contributed by atoms with Gasteiger partial charge in [-0.25, -0.2) is 27.3 Å². The van der Waals surface area contributed by atoms with Crippen molar-refractivity contribution in [1.29, 1.82) is 0 Å². The second-order valence-electron chi connectivity index (χ2n) is 8.89. The van der Waals surface area contributed by atoms with E-state index in [9.17, 15) is 26.4 Å². The van der Waals surface area contributed by atoms with Crippen LogP contribution in [0.25, 0.3) is 5.57 Å². The molecule has 10 nitrogen and oxygen atoms in total. The maximum atomic E-state index is 14.0. The van der Waals surface area contributed by atoms with Gasteiger partial charge in [-0.3, -0.25) is 4.99 Å². The molecular weight excluding hydrogens is 581 g/mol. The number of methoxy groups -OCH3 is 1. The van der Waals surface area contributed by atoms with E-state index in [-0.39, 0.29) is 35.1 Å². The normalized spacial score (nSPS) is 21.4. The Balaban J connectivity index is 1.80. The molecule has 39 heavy (non-hydrogen) atoms. The minimum absolute atomic E-state index is 0.0218. The van der Waals surface area contributed by atoms with Gasteiger partial charge in [-0.1, -0.05) is 17.7 Å². The summed E-state index contributed by atoms with van der Waals surface area (Å²) in [6.07, 6.45) is 3.30. The van der Waals surface area contributed by atoms with Crippen LogP contribution in [-0.2, 0) is 19.6 Å². The largest absolute Gasteiger partial charge is 0.468 e. The molecule has 0 amide bonds. The molecule has 0 bridgehead atoms. The predicted octanol–water partition coefficient (Wildman–Crippen LogP) is 3.61. The van der Waals surface area contributed by atoms with Crippen LogP contribution in [0.2, 0.25) is 5.02 Å². The van der Waals surface area contributed by atoms with Crippen molar-refractivity contribution < 1.29 is 31.1 Å². The number of sulfonamides is 1. The summed E-state index contributed by atoms with van der Waals surface area (Å²) in [4.78, 5) is 23.9. The number of alkyl halides is 2. The molecule has 2 aromatic heterocycles. The number of hydrogen-bond acceptors (Lipinski definition) is 9.